The van der Waals surface area contributed by atoms with Crippen LogP contribution in [-0.4, -0.2) is 40.5 Å². The SMILES string of the molecule is COc1cc(OCCNC2CC2)cc(OC)c1OC. The van der Waals surface area contributed by atoms with Gasteiger partial charge in [0.1, 0.15) is 12.4 Å². The number of hydrogen-bond donors (Lipinski definition) is 1. The molecule has 1 aromatic rings. The van der Waals surface area contributed by atoms with Crippen LogP contribution < -0.4 is 24.3 Å². The van der Waals surface area contributed by atoms with Crippen molar-refractivity contribution in [2.24, 2.45) is 0 Å². The van der Waals surface area contributed by atoms with E-state index < -0.39 is 0 Å². The summed E-state index contributed by atoms with van der Waals surface area (Å²) in [7, 11) is 4.77. The van der Waals surface area contributed by atoms with Crippen molar-refractivity contribution in [3.63, 3.8) is 0 Å². The van der Waals surface area contributed by atoms with E-state index in [4.69, 9.17) is 18.9 Å². The van der Waals surface area contributed by atoms with Gasteiger partial charge in [0.05, 0.1) is 21.3 Å². The average molecular weight is 267 g/mol. The van der Waals surface area contributed by atoms with Gasteiger partial charge in [-0.3, -0.25) is 0 Å². The molecule has 0 aromatic heterocycles. The van der Waals surface area contributed by atoms with Crippen LogP contribution in [0.2, 0.25) is 0 Å². The lowest BCUT2D eigenvalue weighted by atomic mass is 10.2. The molecule has 19 heavy (non-hydrogen) atoms. The second-order valence-electron chi connectivity index (χ2n) is 4.44. The Morgan fingerprint density at radius 2 is 1.68 bits per heavy atom. The molecular weight excluding hydrogens is 246 g/mol. The zero-order chi connectivity index (χ0) is 13.7. The summed E-state index contributed by atoms with van der Waals surface area (Å²) < 4.78 is 21.5. The highest BCUT2D eigenvalue weighted by Gasteiger charge is 2.19. The van der Waals surface area contributed by atoms with Gasteiger partial charge < -0.3 is 24.3 Å². The van der Waals surface area contributed by atoms with Gasteiger partial charge in [-0.15, -0.1) is 0 Å². The van der Waals surface area contributed by atoms with Crippen LogP contribution in [0.5, 0.6) is 23.0 Å². The van der Waals surface area contributed by atoms with Gasteiger partial charge in [-0.05, 0) is 12.8 Å². The Kier molecular flexibility index (Phi) is 4.74. The molecule has 2 rings (SSSR count). The normalized spacial score (nSPS) is 14.1. The molecule has 0 heterocycles. The second kappa shape index (κ2) is 6.52. The first-order valence-electron chi connectivity index (χ1n) is 6.44. The Balaban J connectivity index is 1.98. The largest absolute Gasteiger partial charge is 0.493 e. The Bertz CT molecular complexity index is 393. The highest BCUT2D eigenvalue weighted by atomic mass is 16.5. The standard InChI is InChI=1S/C14H21NO4/c1-16-12-8-11(9-13(17-2)14(12)18-3)19-7-6-15-10-4-5-10/h8-10,15H,4-7H2,1-3H3. The van der Waals surface area contributed by atoms with Gasteiger partial charge >= 0.3 is 0 Å². The molecule has 5 nitrogen and oxygen atoms in total. The van der Waals surface area contributed by atoms with Crippen molar-refractivity contribution < 1.29 is 18.9 Å². The number of hydrogen-bond acceptors (Lipinski definition) is 5. The summed E-state index contributed by atoms with van der Waals surface area (Å²) in [6.07, 6.45) is 2.56. The van der Waals surface area contributed by atoms with E-state index in [2.05, 4.69) is 5.32 Å². The lowest BCUT2D eigenvalue weighted by Crippen LogP contribution is -2.22. The summed E-state index contributed by atoms with van der Waals surface area (Å²) in [5.41, 5.74) is 0. The number of nitrogens with one attached hydrogen (secondary N) is 1. The Labute approximate surface area is 113 Å². The first kappa shape index (κ1) is 13.8. The summed E-state index contributed by atoms with van der Waals surface area (Å²) in [5.74, 6) is 2.50. The van der Waals surface area contributed by atoms with Crippen molar-refractivity contribution in [2.45, 2.75) is 18.9 Å². The third-order valence-corrected chi connectivity index (χ3v) is 3.02. The van der Waals surface area contributed by atoms with Crippen molar-refractivity contribution in [2.75, 3.05) is 34.5 Å². The Morgan fingerprint density at radius 3 is 2.16 bits per heavy atom. The first-order valence-corrected chi connectivity index (χ1v) is 6.44. The highest BCUT2D eigenvalue weighted by molar-refractivity contribution is 5.55. The zero-order valence-corrected chi connectivity index (χ0v) is 11.7. The van der Waals surface area contributed by atoms with E-state index >= 15 is 0 Å². The summed E-state index contributed by atoms with van der Waals surface area (Å²) in [6.45, 7) is 1.47. The molecule has 5 heteroatoms. The highest BCUT2D eigenvalue weighted by Crippen LogP contribution is 2.40. The van der Waals surface area contributed by atoms with Crippen molar-refractivity contribution >= 4 is 0 Å². The van der Waals surface area contributed by atoms with Crippen molar-refractivity contribution in [3.8, 4) is 23.0 Å². The van der Waals surface area contributed by atoms with Crippen LogP contribution in [0.3, 0.4) is 0 Å². The topological polar surface area (TPSA) is 49.0 Å². The fourth-order valence-electron chi connectivity index (χ4n) is 1.86. The molecule has 1 N–H and O–H groups in total. The number of ether oxygens (including phenoxy) is 4. The van der Waals surface area contributed by atoms with Gasteiger partial charge in [0, 0.05) is 24.7 Å². The van der Waals surface area contributed by atoms with Gasteiger partial charge in [-0.2, -0.15) is 0 Å². The predicted octanol–water partition coefficient (Wildman–Crippen LogP) is 1.84. The van der Waals surface area contributed by atoms with Crippen molar-refractivity contribution in [1.82, 2.24) is 5.32 Å². The zero-order valence-electron chi connectivity index (χ0n) is 11.7. The van der Waals surface area contributed by atoms with Gasteiger partial charge in [0.2, 0.25) is 5.75 Å². The number of methoxy groups -OCH3 is 3. The van der Waals surface area contributed by atoms with Crippen LogP contribution >= 0.6 is 0 Å². The average Bonchev–Trinajstić information content (AvgIpc) is 3.26. The fourth-order valence-corrected chi connectivity index (χ4v) is 1.86. The van der Waals surface area contributed by atoms with E-state index in [1.807, 2.05) is 0 Å². The molecule has 0 spiro atoms. The molecule has 0 unspecified atom stereocenters. The predicted molar refractivity (Wildman–Crippen MR) is 72.6 cm³/mol. The van der Waals surface area contributed by atoms with E-state index in [1.54, 1.807) is 33.5 Å². The third kappa shape index (κ3) is 3.67. The molecule has 0 radical (unpaired) electrons. The molecule has 1 saturated carbocycles. The summed E-state index contributed by atoms with van der Waals surface area (Å²) in [6, 6.07) is 4.31. The Hall–Kier alpha value is -1.62. The van der Waals surface area contributed by atoms with Crippen LogP contribution in [0.15, 0.2) is 12.1 Å². The molecule has 0 saturated heterocycles. The number of benzene rings is 1. The molecule has 106 valence electrons. The Morgan fingerprint density at radius 1 is 1.05 bits per heavy atom. The molecular formula is C14H21NO4. The quantitative estimate of drug-likeness (QED) is 0.728. The minimum absolute atomic E-state index is 0.577. The van der Waals surface area contributed by atoms with Crippen molar-refractivity contribution in [3.05, 3.63) is 12.1 Å². The van der Waals surface area contributed by atoms with Gasteiger partial charge in [0.15, 0.2) is 11.5 Å². The molecule has 0 aliphatic heterocycles. The van der Waals surface area contributed by atoms with Crippen LogP contribution in [0.1, 0.15) is 12.8 Å². The maximum atomic E-state index is 5.69. The fraction of sp³-hybridized carbons (Fsp3) is 0.571. The van der Waals surface area contributed by atoms with E-state index in [0.29, 0.717) is 35.6 Å². The maximum absolute atomic E-state index is 5.69. The summed E-state index contributed by atoms with van der Waals surface area (Å²) >= 11 is 0. The monoisotopic (exact) mass is 267 g/mol. The van der Waals surface area contributed by atoms with E-state index in [1.165, 1.54) is 12.8 Å². The molecule has 0 atom stereocenters. The van der Waals surface area contributed by atoms with Crippen LogP contribution in [-0.2, 0) is 0 Å². The van der Waals surface area contributed by atoms with Crippen LogP contribution in [0.4, 0.5) is 0 Å². The lowest BCUT2D eigenvalue weighted by molar-refractivity contribution is 0.296. The van der Waals surface area contributed by atoms with E-state index in [-0.39, 0.29) is 0 Å². The van der Waals surface area contributed by atoms with Crippen LogP contribution in [0.25, 0.3) is 0 Å². The second-order valence-corrected chi connectivity index (χ2v) is 4.44. The molecule has 0 bridgehead atoms. The van der Waals surface area contributed by atoms with Crippen molar-refractivity contribution in [1.29, 1.82) is 0 Å². The molecule has 1 fully saturated rings. The lowest BCUT2D eigenvalue weighted by Gasteiger charge is -2.14. The summed E-state index contributed by atoms with van der Waals surface area (Å²) in [4.78, 5) is 0. The van der Waals surface area contributed by atoms with Gasteiger partial charge in [-0.1, -0.05) is 0 Å². The smallest absolute Gasteiger partial charge is 0.203 e. The number of rotatable bonds is 8. The third-order valence-electron chi connectivity index (χ3n) is 3.02. The summed E-state index contributed by atoms with van der Waals surface area (Å²) in [5, 5.41) is 3.39. The van der Waals surface area contributed by atoms with Crippen LogP contribution in [0, 0.1) is 0 Å². The molecule has 0 amide bonds. The minimum atomic E-state index is 0.577. The van der Waals surface area contributed by atoms with Gasteiger partial charge in [-0.25, -0.2) is 0 Å². The molecule has 1 aliphatic carbocycles. The first-order chi connectivity index (χ1) is 9.28. The molecule has 1 aromatic carbocycles. The molecule has 1 aliphatic rings. The minimum Gasteiger partial charge on any atom is -0.493 e. The van der Waals surface area contributed by atoms with E-state index in [9.17, 15) is 0 Å². The van der Waals surface area contributed by atoms with E-state index in [0.717, 1.165) is 6.54 Å². The maximum Gasteiger partial charge on any atom is 0.203 e. The van der Waals surface area contributed by atoms with Gasteiger partial charge in [0.25, 0.3) is 0 Å².